The minimum absolute atomic E-state index is 0.197. The minimum Gasteiger partial charge on any atom is -0.377 e. The molecule has 0 saturated carbocycles. The van der Waals surface area contributed by atoms with Crippen LogP contribution >= 0.6 is 0 Å². The third-order valence-corrected chi connectivity index (χ3v) is 3.13. The first-order valence-corrected chi connectivity index (χ1v) is 6.60. The van der Waals surface area contributed by atoms with Gasteiger partial charge in [0.15, 0.2) is 0 Å². The van der Waals surface area contributed by atoms with E-state index in [-0.39, 0.29) is 5.82 Å². The zero-order chi connectivity index (χ0) is 12.6. The van der Waals surface area contributed by atoms with E-state index in [2.05, 4.69) is 10.2 Å². The minimum atomic E-state index is -0.197. The van der Waals surface area contributed by atoms with Crippen LogP contribution in [-0.2, 0) is 11.3 Å². The van der Waals surface area contributed by atoms with Gasteiger partial charge in [-0.25, -0.2) is 4.39 Å². The number of ether oxygens (including phenoxy) is 1. The van der Waals surface area contributed by atoms with Crippen molar-refractivity contribution in [2.75, 3.05) is 39.3 Å². The van der Waals surface area contributed by atoms with Gasteiger partial charge < -0.3 is 15.0 Å². The Morgan fingerprint density at radius 1 is 1.28 bits per heavy atom. The van der Waals surface area contributed by atoms with Gasteiger partial charge in [0.2, 0.25) is 0 Å². The molecule has 18 heavy (non-hydrogen) atoms. The SMILES string of the molecule is Fc1cccc(COCCCN2CCNCC2)c1. The fraction of sp³-hybridized carbons (Fsp3) is 0.571. The van der Waals surface area contributed by atoms with Gasteiger partial charge >= 0.3 is 0 Å². The lowest BCUT2D eigenvalue weighted by Gasteiger charge is -2.26. The van der Waals surface area contributed by atoms with Gasteiger partial charge in [0.1, 0.15) is 5.82 Å². The summed E-state index contributed by atoms with van der Waals surface area (Å²) >= 11 is 0. The molecule has 1 saturated heterocycles. The molecule has 4 heteroatoms. The van der Waals surface area contributed by atoms with Gasteiger partial charge in [-0.15, -0.1) is 0 Å². The van der Waals surface area contributed by atoms with Crippen molar-refractivity contribution >= 4 is 0 Å². The van der Waals surface area contributed by atoms with Crippen molar-refractivity contribution in [1.82, 2.24) is 10.2 Å². The van der Waals surface area contributed by atoms with Crippen LogP contribution in [0.1, 0.15) is 12.0 Å². The van der Waals surface area contributed by atoms with Crippen LogP contribution in [0, 0.1) is 5.82 Å². The van der Waals surface area contributed by atoms with Crippen molar-refractivity contribution in [3.8, 4) is 0 Å². The van der Waals surface area contributed by atoms with Crippen molar-refractivity contribution in [2.24, 2.45) is 0 Å². The molecule has 0 atom stereocenters. The number of halogens is 1. The van der Waals surface area contributed by atoms with Crippen LogP contribution in [0.25, 0.3) is 0 Å². The Kier molecular flexibility index (Phi) is 5.58. The van der Waals surface area contributed by atoms with E-state index in [1.165, 1.54) is 12.1 Å². The number of hydrogen-bond acceptors (Lipinski definition) is 3. The second kappa shape index (κ2) is 7.46. The van der Waals surface area contributed by atoms with Crippen molar-refractivity contribution in [3.63, 3.8) is 0 Å². The highest BCUT2D eigenvalue weighted by atomic mass is 19.1. The fourth-order valence-corrected chi connectivity index (χ4v) is 2.14. The zero-order valence-electron chi connectivity index (χ0n) is 10.7. The molecule has 2 rings (SSSR count). The molecule has 0 unspecified atom stereocenters. The summed E-state index contributed by atoms with van der Waals surface area (Å²) in [6, 6.07) is 6.58. The molecule has 0 aliphatic carbocycles. The summed E-state index contributed by atoms with van der Waals surface area (Å²) < 4.78 is 18.5. The molecular formula is C14H21FN2O. The molecular weight excluding hydrogens is 231 g/mol. The van der Waals surface area contributed by atoms with Crippen molar-refractivity contribution < 1.29 is 9.13 Å². The summed E-state index contributed by atoms with van der Waals surface area (Å²) in [5, 5.41) is 3.33. The van der Waals surface area contributed by atoms with Crippen LogP contribution in [-0.4, -0.2) is 44.2 Å². The molecule has 0 radical (unpaired) electrons. The summed E-state index contributed by atoms with van der Waals surface area (Å²) in [6.07, 6.45) is 1.04. The third kappa shape index (κ3) is 4.72. The zero-order valence-corrected chi connectivity index (χ0v) is 10.7. The average Bonchev–Trinajstić information content (AvgIpc) is 2.40. The average molecular weight is 252 g/mol. The van der Waals surface area contributed by atoms with Gasteiger partial charge in [-0.05, 0) is 24.1 Å². The molecule has 3 nitrogen and oxygen atoms in total. The monoisotopic (exact) mass is 252 g/mol. The summed E-state index contributed by atoms with van der Waals surface area (Å²) in [6.45, 7) is 6.76. The summed E-state index contributed by atoms with van der Waals surface area (Å²) in [7, 11) is 0. The fourth-order valence-electron chi connectivity index (χ4n) is 2.14. The van der Waals surface area contributed by atoms with Crippen molar-refractivity contribution in [1.29, 1.82) is 0 Å². The van der Waals surface area contributed by atoms with Gasteiger partial charge in [0.05, 0.1) is 6.61 Å². The molecule has 100 valence electrons. The molecule has 0 bridgehead atoms. The molecule has 0 amide bonds. The second-order valence-electron chi connectivity index (χ2n) is 4.63. The van der Waals surface area contributed by atoms with Crippen molar-refractivity contribution in [3.05, 3.63) is 35.6 Å². The molecule has 0 aromatic heterocycles. The van der Waals surface area contributed by atoms with E-state index in [4.69, 9.17) is 4.74 Å². The maximum absolute atomic E-state index is 12.9. The summed E-state index contributed by atoms with van der Waals surface area (Å²) in [5.41, 5.74) is 0.900. The van der Waals surface area contributed by atoms with Gasteiger partial charge in [0, 0.05) is 39.3 Å². The normalized spacial score (nSPS) is 16.9. The number of rotatable bonds is 6. The van der Waals surface area contributed by atoms with Crippen LogP contribution < -0.4 is 5.32 Å². The van der Waals surface area contributed by atoms with Crippen LogP contribution in [0.2, 0.25) is 0 Å². The standard InChI is InChI=1S/C14H21FN2O/c15-14-4-1-3-13(11-14)12-18-10-2-7-17-8-5-16-6-9-17/h1,3-4,11,16H,2,5-10,12H2. The largest absolute Gasteiger partial charge is 0.377 e. The molecule has 1 aliphatic heterocycles. The number of hydrogen-bond donors (Lipinski definition) is 1. The Morgan fingerprint density at radius 2 is 2.11 bits per heavy atom. The van der Waals surface area contributed by atoms with Gasteiger partial charge in [-0.3, -0.25) is 0 Å². The third-order valence-electron chi connectivity index (χ3n) is 3.13. The Bertz CT molecular complexity index is 353. The highest BCUT2D eigenvalue weighted by Crippen LogP contribution is 2.05. The van der Waals surface area contributed by atoms with E-state index in [0.717, 1.165) is 51.3 Å². The molecule has 1 N–H and O–H groups in total. The lowest BCUT2D eigenvalue weighted by Crippen LogP contribution is -2.43. The second-order valence-corrected chi connectivity index (χ2v) is 4.63. The summed E-state index contributed by atoms with van der Waals surface area (Å²) in [4.78, 5) is 2.45. The Balaban J connectivity index is 1.55. The van der Waals surface area contributed by atoms with E-state index in [1.54, 1.807) is 6.07 Å². The molecule has 1 aromatic carbocycles. The molecule has 1 aromatic rings. The van der Waals surface area contributed by atoms with Crippen LogP contribution in [0.3, 0.4) is 0 Å². The van der Waals surface area contributed by atoms with E-state index >= 15 is 0 Å². The first kappa shape index (κ1) is 13.5. The lowest BCUT2D eigenvalue weighted by atomic mass is 10.2. The first-order valence-electron chi connectivity index (χ1n) is 6.60. The molecule has 1 heterocycles. The Hall–Kier alpha value is -0.970. The summed E-state index contributed by atoms with van der Waals surface area (Å²) in [5.74, 6) is -0.197. The first-order chi connectivity index (χ1) is 8.84. The molecule has 0 spiro atoms. The van der Waals surface area contributed by atoms with Gasteiger partial charge in [-0.1, -0.05) is 12.1 Å². The smallest absolute Gasteiger partial charge is 0.123 e. The van der Waals surface area contributed by atoms with E-state index in [1.807, 2.05) is 6.07 Å². The Labute approximate surface area is 108 Å². The maximum Gasteiger partial charge on any atom is 0.123 e. The van der Waals surface area contributed by atoms with Crippen LogP contribution in [0.4, 0.5) is 4.39 Å². The van der Waals surface area contributed by atoms with Crippen LogP contribution in [0.5, 0.6) is 0 Å². The van der Waals surface area contributed by atoms with Gasteiger partial charge in [-0.2, -0.15) is 0 Å². The topological polar surface area (TPSA) is 24.5 Å². The highest BCUT2D eigenvalue weighted by molar-refractivity contribution is 5.15. The maximum atomic E-state index is 12.9. The van der Waals surface area contributed by atoms with Crippen molar-refractivity contribution in [2.45, 2.75) is 13.0 Å². The van der Waals surface area contributed by atoms with E-state index < -0.39 is 0 Å². The highest BCUT2D eigenvalue weighted by Gasteiger charge is 2.08. The number of piperazine rings is 1. The molecule has 1 aliphatic rings. The number of nitrogens with one attached hydrogen (secondary N) is 1. The van der Waals surface area contributed by atoms with Gasteiger partial charge in [0.25, 0.3) is 0 Å². The predicted molar refractivity (Wildman–Crippen MR) is 70.0 cm³/mol. The van der Waals surface area contributed by atoms with E-state index in [0.29, 0.717) is 6.61 Å². The lowest BCUT2D eigenvalue weighted by molar-refractivity contribution is 0.106. The molecule has 1 fully saturated rings. The van der Waals surface area contributed by atoms with Crippen LogP contribution in [0.15, 0.2) is 24.3 Å². The number of nitrogens with zero attached hydrogens (tertiary/aromatic N) is 1. The Morgan fingerprint density at radius 3 is 2.89 bits per heavy atom. The quantitative estimate of drug-likeness (QED) is 0.779. The van der Waals surface area contributed by atoms with E-state index in [9.17, 15) is 4.39 Å². The number of benzene rings is 1. The predicted octanol–water partition coefficient (Wildman–Crippen LogP) is 1.64.